The molecular weight excluding hydrogens is 330 g/mol. The van der Waals surface area contributed by atoms with Crippen molar-refractivity contribution in [2.45, 2.75) is 26.3 Å². The van der Waals surface area contributed by atoms with E-state index in [0.29, 0.717) is 19.6 Å². The van der Waals surface area contributed by atoms with E-state index in [2.05, 4.69) is 30.9 Å². The third kappa shape index (κ3) is 5.30. The van der Waals surface area contributed by atoms with Gasteiger partial charge in [0, 0.05) is 44.1 Å². The number of carbonyl (C=O) groups is 1. The molecule has 0 bridgehead atoms. The average Bonchev–Trinajstić information content (AvgIpc) is 3.38. The third-order valence-electron chi connectivity index (χ3n) is 4.01. The van der Waals surface area contributed by atoms with E-state index in [-0.39, 0.29) is 11.8 Å². The minimum absolute atomic E-state index is 0.165. The van der Waals surface area contributed by atoms with Gasteiger partial charge < -0.3 is 16.0 Å². The highest BCUT2D eigenvalue weighted by molar-refractivity contribution is 5.81. The van der Waals surface area contributed by atoms with Crippen molar-refractivity contribution in [2.24, 2.45) is 10.9 Å². The summed E-state index contributed by atoms with van der Waals surface area (Å²) >= 11 is 0. The fraction of sp³-hybridized carbons (Fsp3) is 0.444. The number of hydrogen-bond donors (Lipinski definition) is 3. The average molecular weight is 355 g/mol. The van der Waals surface area contributed by atoms with Gasteiger partial charge in [0.15, 0.2) is 5.96 Å². The molecule has 1 amide bonds. The highest BCUT2D eigenvalue weighted by Gasteiger charge is 2.28. The normalized spacial score (nSPS) is 14.1. The van der Waals surface area contributed by atoms with Crippen LogP contribution in [0.5, 0.6) is 0 Å². The van der Waals surface area contributed by atoms with Gasteiger partial charge >= 0.3 is 0 Å². The van der Waals surface area contributed by atoms with E-state index < -0.39 is 0 Å². The topological polar surface area (TPSA) is 96.2 Å². The summed E-state index contributed by atoms with van der Waals surface area (Å²) in [6, 6.07) is 3.95. The SMILES string of the molecule is CCNC(=NCc1ccc(-n2ccnc2)nc1)NCCNC(=O)C1CC1. The minimum atomic E-state index is 0.165. The number of carbonyl (C=O) groups excluding carboxylic acids is 1. The summed E-state index contributed by atoms with van der Waals surface area (Å²) in [4.78, 5) is 24.6. The molecular formula is C18H25N7O. The Bertz CT molecular complexity index is 721. The van der Waals surface area contributed by atoms with Crippen molar-refractivity contribution in [2.75, 3.05) is 19.6 Å². The zero-order valence-corrected chi connectivity index (χ0v) is 15.0. The Hall–Kier alpha value is -2.90. The maximum atomic E-state index is 11.6. The quantitative estimate of drug-likeness (QED) is 0.371. The molecule has 1 aliphatic carbocycles. The van der Waals surface area contributed by atoms with Crippen LogP contribution < -0.4 is 16.0 Å². The van der Waals surface area contributed by atoms with Crippen LogP contribution in [-0.2, 0) is 11.3 Å². The molecule has 0 aliphatic heterocycles. The minimum Gasteiger partial charge on any atom is -0.357 e. The third-order valence-corrected chi connectivity index (χ3v) is 4.01. The number of aromatic nitrogens is 3. The monoisotopic (exact) mass is 355 g/mol. The second-order valence-corrected chi connectivity index (χ2v) is 6.18. The Kier molecular flexibility index (Phi) is 6.19. The molecule has 0 atom stereocenters. The Morgan fingerprint density at radius 2 is 2.12 bits per heavy atom. The molecule has 1 fully saturated rings. The van der Waals surface area contributed by atoms with Gasteiger partial charge in [-0.2, -0.15) is 0 Å². The molecule has 138 valence electrons. The number of aliphatic imine (C=N–C) groups is 1. The van der Waals surface area contributed by atoms with Gasteiger partial charge in [-0.05, 0) is 31.4 Å². The predicted molar refractivity (Wildman–Crippen MR) is 99.9 cm³/mol. The first-order chi connectivity index (χ1) is 12.8. The van der Waals surface area contributed by atoms with Gasteiger partial charge in [-0.25, -0.2) is 15.0 Å². The molecule has 1 saturated carbocycles. The van der Waals surface area contributed by atoms with Gasteiger partial charge in [-0.1, -0.05) is 6.07 Å². The van der Waals surface area contributed by atoms with E-state index in [9.17, 15) is 4.79 Å². The van der Waals surface area contributed by atoms with Crippen LogP contribution in [0.2, 0.25) is 0 Å². The molecule has 0 aromatic carbocycles. The number of amides is 1. The lowest BCUT2D eigenvalue weighted by molar-refractivity contribution is -0.122. The predicted octanol–water partition coefficient (Wildman–Crippen LogP) is 0.849. The van der Waals surface area contributed by atoms with Gasteiger partial charge in [0.25, 0.3) is 0 Å². The van der Waals surface area contributed by atoms with Gasteiger partial charge in [0.05, 0.1) is 6.54 Å². The molecule has 3 rings (SSSR count). The summed E-state index contributed by atoms with van der Waals surface area (Å²) in [5.74, 6) is 1.96. The van der Waals surface area contributed by atoms with E-state index in [1.165, 1.54) is 0 Å². The largest absolute Gasteiger partial charge is 0.357 e. The molecule has 3 N–H and O–H groups in total. The number of nitrogens with zero attached hydrogens (tertiary/aromatic N) is 4. The van der Waals surface area contributed by atoms with Crippen LogP contribution in [0.4, 0.5) is 0 Å². The molecule has 2 aromatic heterocycles. The Morgan fingerprint density at radius 1 is 1.27 bits per heavy atom. The van der Waals surface area contributed by atoms with Crippen molar-refractivity contribution < 1.29 is 4.79 Å². The molecule has 2 aromatic rings. The summed E-state index contributed by atoms with van der Waals surface area (Å²) in [6.45, 7) is 4.57. The van der Waals surface area contributed by atoms with Gasteiger partial charge in [-0.3, -0.25) is 9.36 Å². The van der Waals surface area contributed by atoms with E-state index >= 15 is 0 Å². The Morgan fingerprint density at radius 3 is 2.77 bits per heavy atom. The molecule has 26 heavy (non-hydrogen) atoms. The van der Waals surface area contributed by atoms with Crippen molar-refractivity contribution in [1.82, 2.24) is 30.5 Å². The highest BCUT2D eigenvalue weighted by Crippen LogP contribution is 2.28. The van der Waals surface area contributed by atoms with Crippen LogP contribution in [0.25, 0.3) is 5.82 Å². The van der Waals surface area contributed by atoms with E-state index in [1.54, 1.807) is 12.5 Å². The van der Waals surface area contributed by atoms with E-state index in [0.717, 1.165) is 36.7 Å². The van der Waals surface area contributed by atoms with Gasteiger partial charge in [-0.15, -0.1) is 0 Å². The van der Waals surface area contributed by atoms with Crippen molar-refractivity contribution in [3.63, 3.8) is 0 Å². The summed E-state index contributed by atoms with van der Waals surface area (Å²) in [6.07, 6.45) is 9.17. The first kappa shape index (κ1) is 17.9. The van der Waals surface area contributed by atoms with Crippen molar-refractivity contribution in [1.29, 1.82) is 0 Å². The van der Waals surface area contributed by atoms with Crippen LogP contribution in [0.3, 0.4) is 0 Å². The summed E-state index contributed by atoms with van der Waals surface area (Å²) in [5, 5.41) is 9.37. The first-order valence-electron chi connectivity index (χ1n) is 8.99. The number of imidazole rings is 1. The number of guanidine groups is 1. The lowest BCUT2D eigenvalue weighted by Crippen LogP contribution is -2.41. The van der Waals surface area contributed by atoms with Crippen molar-refractivity contribution >= 4 is 11.9 Å². The lowest BCUT2D eigenvalue weighted by atomic mass is 10.3. The van der Waals surface area contributed by atoms with Gasteiger partial charge in [0.1, 0.15) is 12.1 Å². The molecule has 2 heterocycles. The Balaban J connectivity index is 1.47. The fourth-order valence-electron chi connectivity index (χ4n) is 2.43. The zero-order valence-electron chi connectivity index (χ0n) is 15.0. The fourth-order valence-corrected chi connectivity index (χ4v) is 2.43. The standard InChI is InChI=1S/C18H25N7O/c1-2-20-18(22-8-7-21-17(26)15-4-5-15)24-12-14-3-6-16(23-11-14)25-10-9-19-13-25/h3,6,9-11,13,15H,2,4-5,7-8,12H2,1H3,(H,21,26)(H2,20,22,24). The van der Waals surface area contributed by atoms with E-state index in [1.807, 2.05) is 36.0 Å². The lowest BCUT2D eigenvalue weighted by Gasteiger charge is -2.12. The van der Waals surface area contributed by atoms with E-state index in [4.69, 9.17) is 0 Å². The molecule has 0 saturated heterocycles. The number of rotatable bonds is 8. The number of hydrogen-bond acceptors (Lipinski definition) is 4. The second kappa shape index (κ2) is 8.98. The van der Waals surface area contributed by atoms with Crippen LogP contribution in [0.15, 0.2) is 42.0 Å². The summed E-state index contributed by atoms with van der Waals surface area (Å²) in [5.41, 5.74) is 1.02. The van der Waals surface area contributed by atoms with Crippen LogP contribution >= 0.6 is 0 Å². The number of nitrogens with one attached hydrogen (secondary N) is 3. The molecule has 0 radical (unpaired) electrons. The molecule has 0 spiro atoms. The summed E-state index contributed by atoms with van der Waals surface area (Å²) in [7, 11) is 0. The molecule has 8 nitrogen and oxygen atoms in total. The van der Waals surface area contributed by atoms with Crippen molar-refractivity contribution in [3.05, 3.63) is 42.6 Å². The van der Waals surface area contributed by atoms with Crippen molar-refractivity contribution in [3.8, 4) is 5.82 Å². The first-order valence-corrected chi connectivity index (χ1v) is 8.99. The molecule has 1 aliphatic rings. The Labute approximate surface area is 153 Å². The van der Waals surface area contributed by atoms with Crippen LogP contribution in [0, 0.1) is 5.92 Å². The zero-order chi connectivity index (χ0) is 18.2. The van der Waals surface area contributed by atoms with Crippen LogP contribution in [-0.4, -0.2) is 46.0 Å². The molecule has 8 heteroatoms. The van der Waals surface area contributed by atoms with Gasteiger partial charge in [0.2, 0.25) is 5.91 Å². The highest BCUT2D eigenvalue weighted by atomic mass is 16.2. The maximum Gasteiger partial charge on any atom is 0.223 e. The summed E-state index contributed by atoms with van der Waals surface area (Å²) < 4.78 is 1.86. The smallest absolute Gasteiger partial charge is 0.223 e. The van der Waals surface area contributed by atoms with Crippen LogP contribution in [0.1, 0.15) is 25.3 Å². The second-order valence-electron chi connectivity index (χ2n) is 6.18. The maximum absolute atomic E-state index is 11.6. The molecule has 0 unspecified atom stereocenters. The number of pyridine rings is 1.